The van der Waals surface area contributed by atoms with Gasteiger partial charge in [0.2, 0.25) is 0 Å². The van der Waals surface area contributed by atoms with Crippen molar-refractivity contribution in [3.63, 3.8) is 0 Å². The predicted octanol–water partition coefficient (Wildman–Crippen LogP) is 1.64. The number of pyridine rings is 1. The van der Waals surface area contributed by atoms with E-state index in [1.807, 2.05) is 17.0 Å². The summed E-state index contributed by atoms with van der Waals surface area (Å²) in [6.45, 7) is 4.52. The molecule has 1 amide bonds. The summed E-state index contributed by atoms with van der Waals surface area (Å²) in [5.74, 6) is 0.0804. The lowest BCUT2D eigenvalue weighted by atomic mass is 10.2. The van der Waals surface area contributed by atoms with Crippen molar-refractivity contribution in [2.45, 2.75) is 13.0 Å². The first-order chi connectivity index (χ1) is 9.75. The van der Waals surface area contributed by atoms with Crippen molar-refractivity contribution < 1.29 is 4.79 Å². The molecule has 104 valence electrons. The highest BCUT2D eigenvalue weighted by atomic mass is 32.1. The van der Waals surface area contributed by atoms with Crippen LogP contribution in [0.4, 0.5) is 0 Å². The molecule has 1 aliphatic rings. The molecular weight excluding hydrogens is 272 g/mol. The lowest BCUT2D eigenvalue weighted by molar-refractivity contribution is 0.0660. The van der Waals surface area contributed by atoms with E-state index in [2.05, 4.69) is 22.2 Å². The number of aromatic nitrogens is 2. The fourth-order valence-electron chi connectivity index (χ4n) is 2.29. The Morgan fingerprint density at radius 3 is 3.00 bits per heavy atom. The van der Waals surface area contributed by atoms with Crippen LogP contribution in [0.15, 0.2) is 30.7 Å². The Hall–Kier alpha value is -1.79. The standard InChI is InChI=1S/C14H16N4OS/c1-10-8-16-6-7-18(10)14(19)12-9-17-13(20-12)11-2-4-15-5-3-11/h2-5,9-10,16H,6-8H2,1H3. The molecule has 6 heteroatoms. The number of thiazole rings is 1. The van der Waals surface area contributed by atoms with Crippen molar-refractivity contribution in [2.24, 2.45) is 0 Å². The van der Waals surface area contributed by atoms with E-state index >= 15 is 0 Å². The molecule has 0 bridgehead atoms. The van der Waals surface area contributed by atoms with Crippen LogP contribution in [0.1, 0.15) is 16.6 Å². The van der Waals surface area contributed by atoms with Crippen molar-refractivity contribution in [3.8, 4) is 10.6 Å². The lowest BCUT2D eigenvalue weighted by Gasteiger charge is -2.33. The van der Waals surface area contributed by atoms with Crippen LogP contribution in [0.5, 0.6) is 0 Å². The summed E-state index contributed by atoms with van der Waals surface area (Å²) in [6, 6.07) is 4.03. The second-order valence-corrected chi connectivity index (χ2v) is 5.85. The molecule has 0 spiro atoms. The van der Waals surface area contributed by atoms with E-state index in [1.54, 1.807) is 18.6 Å². The number of carbonyl (C=O) groups excluding carboxylic acids is 1. The minimum absolute atomic E-state index is 0.0804. The molecule has 1 saturated heterocycles. The van der Waals surface area contributed by atoms with Crippen LogP contribution in [-0.2, 0) is 0 Å². The summed E-state index contributed by atoms with van der Waals surface area (Å²) in [4.78, 5) is 23.5. The van der Waals surface area contributed by atoms with Crippen molar-refractivity contribution in [1.29, 1.82) is 0 Å². The van der Waals surface area contributed by atoms with Gasteiger partial charge in [0, 0.05) is 43.6 Å². The molecule has 1 unspecified atom stereocenters. The van der Waals surface area contributed by atoms with Crippen molar-refractivity contribution in [2.75, 3.05) is 19.6 Å². The number of nitrogens with zero attached hydrogens (tertiary/aromatic N) is 3. The van der Waals surface area contributed by atoms with Gasteiger partial charge in [0.25, 0.3) is 5.91 Å². The number of nitrogens with one attached hydrogen (secondary N) is 1. The van der Waals surface area contributed by atoms with E-state index in [0.717, 1.165) is 30.2 Å². The molecular formula is C14H16N4OS. The number of piperazine rings is 1. The fraction of sp³-hybridized carbons (Fsp3) is 0.357. The third-order valence-corrected chi connectivity index (χ3v) is 4.44. The van der Waals surface area contributed by atoms with Gasteiger partial charge in [-0.05, 0) is 19.1 Å². The molecule has 5 nitrogen and oxygen atoms in total. The van der Waals surface area contributed by atoms with Crippen LogP contribution in [0, 0.1) is 0 Å². The first-order valence-electron chi connectivity index (χ1n) is 6.63. The summed E-state index contributed by atoms with van der Waals surface area (Å²) in [6.07, 6.45) is 5.14. The molecule has 2 aromatic heterocycles. The smallest absolute Gasteiger partial charge is 0.265 e. The Bertz CT molecular complexity index is 598. The molecule has 3 heterocycles. The average Bonchev–Trinajstić information content (AvgIpc) is 2.98. The zero-order valence-electron chi connectivity index (χ0n) is 11.2. The summed E-state index contributed by atoms with van der Waals surface area (Å²) >= 11 is 1.44. The van der Waals surface area contributed by atoms with E-state index in [0.29, 0.717) is 4.88 Å². The Balaban J connectivity index is 1.81. The predicted molar refractivity (Wildman–Crippen MR) is 78.7 cm³/mol. The van der Waals surface area contributed by atoms with Gasteiger partial charge in [0.1, 0.15) is 9.88 Å². The zero-order valence-corrected chi connectivity index (χ0v) is 12.1. The van der Waals surface area contributed by atoms with Gasteiger partial charge in [-0.2, -0.15) is 0 Å². The molecule has 2 aromatic rings. The highest BCUT2D eigenvalue weighted by Crippen LogP contribution is 2.25. The van der Waals surface area contributed by atoms with Crippen molar-refractivity contribution in [1.82, 2.24) is 20.2 Å². The maximum absolute atomic E-state index is 12.5. The second kappa shape index (κ2) is 5.68. The summed E-state index contributed by atoms with van der Waals surface area (Å²) in [5, 5.41) is 4.15. The molecule has 0 aromatic carbocycles. The summed E-state index contributed by atoms with van der Waals surface area (Å²) < 4.78 is 0. The third-order valence-electron chi connectivity index (χ3n) is 3.41. The fourth-order valence-corrected chi connectivity index (χ4v) is 3.16. The van der Waals surface area contributed by atoms with Gasteiger partial charge in [0.15, 0.2) is 0 Å². The third kappa shape index (κ3) is 2.57. The monoisotopic (exact) mass is 288 g/mol. The highest BCUT2D eigenvalue weighted by Gasteiger charge is 2.25. The Morgan fingerprint density at radius 2 is 2.25 bits per heavy atom. The van der Waals surface area contributed by atoms with Gasteiger partial charge in [-0.1, -0.05) is 0 Å². The number of hydrogen-bond donors (Lipinski definition) is 1. The molecule has 1 fully saturated rings. The first kappa shape index (κ1) is 13.2. The molecule has 3 rings (SSSR count). The molecule has 1 aliphatic heterocycles. The van der Waals surface area contributed by atoms with E-state index in [9.17, 15) is 4.79 Å². The van der Waals surface area contributed by atoms with Gasteiger partial charge >= 0.3 is 0 Å². The van der Waals surface area contributed by atoms with Crippen LogP contribution < -0.4 is 5.32 Å². The summed E-state index contributed by atoms with van der Waals surface area (Å²) in [5.41, 5.74) is 0.998. The van der Waals surface area contributed by atoms with Crippen LogP contribution in [-0.4, -0.2) is 46.5 Å². The van der Waals surface area contributed by atoms with Gasteiger partial charge < -0.3 is 10.2 Å². The van der Waals surface area contributed by atoms with Gasteiger partial charge in [-0.3, -0.25) is 9.78 Å². The lowest BCUT2D eigenvalue weighted by Crippen LogP contribution is -2.52. The Kier molecular flexibility index (Phi) is 3.75. The molecule has 0 aliphatic carbocycles. The number of rotatable bonds is 2. The zero-order chi connectivity index (χ0) is 13.9. The first-order valence-corrected chi connectivity index (χ1v) is 7.45. The topological polar surface area (TPSA) is 58.1 Å². The second-order valence-electron chi connectivity index (χ2n) is 4.82. The van der Waals surface area contributed by atoms with E-state index < -0.39 is 0 Å². The van der Waals surface area contributed by atoms with E-state index in [1.165, 1.54) is 11.3 Å². The van der Waals surface area contributed by atoms with Crippen LogP contribution >= 0.6 is 11.3 Å². The maximum Gasteiger partial charge on any atom is 0.265 e. The van der Waals surface area contributed by atoms with Crippen molar-refractivity contribution in [3.05, 3.63) is 35.6 Å². The molecule has 20 heavy (non-hydrogen) atoms. The van der Waals surface area contributed by atoms with Gasteiger partial charge in [-0.25, -0.2) is 4.98 Å². The minimum Gasteiger partial charge on any atom is -0.333 e. The van der Waals surface area contributed by atoms with Gasteiger partial charge in [0.05, 0.1) is 6.20 Å². The maximum atomic E-state index is 12.5. The van der Waals surface area contributed by atoms with Crippen molar-refractivity contribution >= 4 is 17.2 Å². The molecule has 0 saturated carbocycles. The number of carbonyl (C=O) groups is 1. The molecule has 0 radical (unpaired) electrons. The van der Waals surface area contributed by atoms with E-state index in [-0.39, 0.29) is 11.9 Å². The van der Waals surface area contributed by atoms with Crippen LogP contribution in [0.3, 0.4) is 0 Å². The van der Waals surface area contributed by atoms with E-state index in [4.69, 9.17) is 0 Å². The Morgan fingerprint density at radius 1 is 1.45 bits per heavy atom. The largest absolute Gasteiger partial charge is 0.333 e. The van der Waals surface area contributed by atoms with Gasteiger partial charge in [-0.15, -0.1) is 11.3 Å². The molecule has 1 atom stereocenters. The normalized spacial score (nSPS) is 19.1. The Labute approximate surface area is 121 Å². The average molecular weight is 288 g/mol. The molecule has 1 N–H and O–H groups in total. The number of hydrogen-bond acceptors (Lipinski definition) is 5. The number of amides is 1. The summed E-state index contributed by atoms with van der Waals surface area (Å²) in [7, 11) is 0. The SMILES string of the molecule is CC1CNCCN1C(=O)c1cnc(-c2ccncc2)s1. The van der Waals surface area contributed by atoms with Crippen LogP contribution in [0.2, 0.25) is 0 Å². The van der Waals surface area contributed by atoms with Crippen LogP contribution in [0.25, 0.3) is 10.6 Å². The highest BCUT2D eigenvalue weighted by molar-refractivity contribution is 7.16. The minimum atomic E-state index is 0.0804. The quantitative estimate of drug-likeness (QED) is 0.912.